The molecule has 0 unspecified atom stereocenters. The molecule has 0 radical (unpaired) electrons. The van der Waals surface area contributed by atoms with Crippen molar-refractivity contribution < 1.29 is 29.0 Å². The Hall–Kier alpha value is -1.62. The van der Waals surface area contributed by atoms with E-state index in [1.807, 2.05) is 83.0 Å². The molecule has 0 spiro atoms. The predicted octanol–water partition coefficient (Wildman–Crippen LogP) is 3.90. The maximum absolute atomic E-state index is 11.7. The minimum absolute atomic E-state index is 0.0850. The second kappa shape index (κ2) is 12.2. The van der Waals surface area contributed by atoms with Crippen LogP contribution in [0.25, 0.3) is 0 Å². The Balaban J connectivity index is 1.61. The predicted molar refractivity (Wildman–Crippen MR) is 165 cm³/mol. The third-order valence-corrected chi connectivity index (χ3v) is 13.0. The molecule has 2 heterocycles. The molecule has 2 aliphatic rings. The lowest BCUT2D eigenvalue weighted by Crippen LogP contribution is -2.67. The van der Waals surface area contributed by atoms with E-state index < -0.39 is 26.1 Å². The topological polar surface area (TPSA) is 80.6 Å². The molecular weight excluding hydrogens is 534 g/mol. The largest absolute Gasteiger partial charge is 0.405 e. The Kier molecular flexibility index (Phi) is 9.58. The van der Waals surface area contributed by atoms with Crippen molar-refractivity contribution in [2.75, 3.05) is 19.8 Å². The van der Waals surface area contributed by atoms with E-state index in [0.717, 1.165) is 10.4 Å². The third-order valence-electron chi connectivity index (χ3n) is 7.99. The van der Waals surface area contributed by atoms with E-state index in [9.17, 15) is 10.2 Å². The van der Waals surface area contributed by atoms with Crippen LogP contribution in [0.4, 0.5) is 0 Å². The van der Waals surface area contributed by atoms with Crippen molar-refractivity contribution in [3.63, 3.8) is 0 Å². The summed E-state index contributed by atoms with van der Waals surface area (Å²) in [6, 6.07) is 20.5. The van der Waals surface area contributed by atoms with Crippen LogP contribution >= 0.6 is 0 Å². The minimum atomic E-state index is -2.84. The fourth-order valence-corrected chi connectivity index (χ4v) is 11.1. The number of ether oxygens (including phenoxy) is 2. The Morgan fingerprint density at radius 1 is 0.854 bits per heavy atom. The average Bonchev–Trinajstić information content (AvgIpc) is 3.38. The van der Waals surface area contributed by atoms with Crippen molar-refractivity contribution in [2.45, 2.75) is 109 Å². The van der Waals surface area contributed by atoms with Gasteiger partial charge in [-0.15, -0.1) is 0 Å². The number of hydrogen-bond acceptors (Lipinski definition) is 7. The maximum atomic E-state index is 11.7. The molecule has 2 saturated heterocycles. The van der Waals surface area contributed by atoms with Crippen LogP contribution in [-0.2, 0) is 18.7 Å². The highest BCUT2D eigenvalue weighted by Crippen LogP contribution is 2.42. The van der Waals surface area contributed by atoms with Crippen LogP contribution in [-0.4, -0.2) is 85.0 Å². The van der Waals surface area contributed by atoms with Crippen LogP contribution in [0.2, 0.25) is 5.04 Å². The van der Waals surface area contributed by atoms with Gasteiger partial charge in [-0.1, -0.05) is 81.4 Å². The molecule has 4 rings (SSSR count). The van der Waals surface area contributed by atoms with Gasteiger partial charge in [0.15, 0.2) is 0 Å². The second-order valence-corrected chi connectivity index (χ2v) is 18.8. The Morgan fingerprint density at radius 3 is 1.80 bits per heavy atom. The van der Waals surface area contributed by atoms with E-state index in [1.165, 1.54) is 0 Å². The lowest BCUT2D eigenvalue weighted by atomic mass is 9.89. The van der Waals surface area contributed by atoms with Gasteiger partial charge in [0.05, 0.1) is 37.0 Å². The summed E-state index contributed by atoms with van der Waals surface area (Å²) in [6.45, 7) is 19.3. The molecule has 0 amide bonds. The molecule has 0 aliphatic carbocycles. The van der Waals surface area contributed by atoms with Gasteiger partial charge in [-0.05, 0) is 57.0 Å². The van der Waals surface area contributed by atoms with Crippen molar-refractivity contribution in [1.82, 2.24) is 5.06 Å². The Morgan fingerprint density at radius 2 is 1.37 bits per heavy atom. The number of hydroxylamine groups is 2. The fraction of sp³-hybridized carbons (Fsp3) is 0.636. The standard InChI is InChI=1S/C33H51NO6Si/c1-31(2,3)38-27-20-34-28(30(27)39-32(4,5)6)25(21-35)29(40-34)26(36)22-37-41(33(7,8)9,23-16-12-10-13-17-23)24-18-14-11-15-19-24/h10-19,25-30,35-36H,20-22H2,1-9H3/t25-,26-,27+,28+,29+,30-/m1/s1. The van der Waals surface area contributed by atoms with E-state index in [-0.39, 0.29) is 48.0 Å². The van der Waals surface area contributed by atoms with Crippen molar-refractivity contribution in [3.8, 4) is 0 Å². The normalized spacial score (nSPS) is 26.8. The molecule has 2 fully saturated rings. The van der Waals surface area contributed by atoms with Gasteiger partial charge in [-0.25, -0.2) is 0 Å². The summed E-state index contributed by atoms with van der Waals surface area (Å²) in [6.07, 6.45) is -2.12. The Labute approximate surface area is 247 Å². The smallest absolute Gasteiger partial charge is 0.261 e. The zero-order valence-electron chi connectivity index (χ0n) is 26.3. The van der Waals surface area contributed by atoms with Gasteiger partial charge >= 0.3 is 0 Å². The van der Waals surface area contributed by atoms with E-state index in [2.05, 4.69) is 45.0 Å². The zero-order valence-corrected chi connectivity index (χ0v) is 27.3. The first kappa shape index (κ1) is 32.3. The number of fused-ring (bicyclic) bond motifs is 1. The first-order valence-corrected chi connectivity index (χ1v) is 16.8. The summed E-state index contributed by atoms with van der Waals surface area (Å²) in [7, 11) is -2.84. The highest BCUT2D eigenvalue weighted by Gasteiger charge is 2.58. The molecule has 2 N–H and O–H groups in total. The molecule has 7 nitrogen and oxygen atoms in total. The Bertz CT molecular complexity index is 1070. The molecule has 228 valence electrons. The average molecular weight is 586 g/mol. The van der Waals surface area contributed by atoms with Gasteiger partial charge < -0.3 is 24.1 Å². The zero-order chi connectivity index (χ0) is 30.2. The maximum Gasteiger partial charge on any atom is 0.261 e. The number of rotatable bonds is 9. The van der Waals surface area contributed by atoms with Gasteiger partial charge in [0.2, 0.25) is 0 Å². The number of hydrogen-bond donors (Lipinski definition) is 2. The second-order valence-electron chi connectivity index (χ2n) is 14.5. The molecule has 41 heavy (non-hydrogen) atoms. The minimum Gasteiger partial charge on any atom is -0.405 e. The highest BCUT2D eigenvalue weighted by atomic mass is 28.4. The van der Waals surface area contributed by atoms with Crippen LogP contribution in [0.3, 0.4) is 0 Å². The van der Waals surface area contributed by atoms with Crippen LogP contribution in [0, 0.1) is 5.92 Å². The molecule has 0 aromatic heterocycles. The van der Waals surface area contributed by atoms with Gasteiger partial charge in [-0.3, -0.25) is 4.84 Å². The molecular formula is C33H51NO6Si. The lowest BCUT2D eigenvalue weighted by molar-refractivity contribution is -0.189. The highest BCUT2D eigenvalue weighted by molar-refractivity contribution is 6.99. The van der Waals surface area contributed by atoms with E-state index in [0.29, 0.717) is 6.54 Å². The molecule has 2 aliphatic heterocycles. The van der Waals surface area contributed by atoms with Crippen molar-refractivity contribution >= 4 is 18.7 Å². The summed E-state index contributed by atoms with van der Waals surface area (Å²) in [4.78, 5) is 6.40. The van der Waals surface area contributed by atoms with E-state index in [4.69, 9.17) is 18.7 Å². The quantitative estimate of drug-likeness (QED) is 0.432. The van der Waals surface area contributed by atoms with Crippen LogP contribution in [0.15, 0.2) is 60.7 Å². The number of benzene rings is 2. The number of nitrogens with zero attached hydrogens (tertiary/aromatic N) is 1. The van der Waals surface area contributed by atoms with Crippen LogP contribution in [0.5, 0.6) is 0 Å². The SMILES string of the molecule is CC(C)(C)O[C@H]1[C@@H]2[C@@H](CO)[C@@H]([C@H](O)CO[Si](c3ccccc3)(c3ccccc3)C(C)(C)C)ON2C[C@@H]1OC(C)(C)C. The van der Waals surface area contributed by atoms with E-state index in [1.54, 1.807) is 0 Å². The molecule has 2 aromatic rings. The molecule has 8 heteroatoms. The summed E-state index contributed by atoms with van der Waals surface area (Å²) < 4.78 is 19.9. The first-order valence-electron chi connectivity index (χ1n) is 14.9. The monoisotopic (exact) mass is 585 g/mol. The van der Waals surface area contributed by atoms with Gasteiger partial charge in [-0.2, -0.15) is 5.06 Å². The summed E-state index contributed by atoms with van der Waals surface area (Å²) in [5, 5.41) is 26.2. The van der Waals surface area contributed by atoms with Crippen LogP contribution < -0.4 is 10.4 Å². The van der Waals surface area contributed by atoms with Gasteiger partial charge in [0, 0.05) is 5.92 Å². The van der Waals surface area contributed by atoms with Crippen molar-refractivity contribution in [2.24, 2.45) is 5.92 Å². The lowest BCUT2D eigenvalue weighted by Gasteiger charge is -2.43. The van der Waals surface area contributed by atoms with Crippen molar-refractivity contribution in [1.29, 1.82) is 0 Å². The number of aliphatic hydroxyl groups is 2. The number of aliphatic hydroxyl groups excluding tert-OH is 2. The van der Waals surface area contributed by atoms with Gasteiger partial charge in [0.1, 0.15) is 24.4 Å². The molecule has 6 atom stereocenters. The molecule has 0 bridgehead atoms. The fourth-order valence-electron chi connectivity index (χ4n) is 6.53. The summed E-state index contributed by atoms with van der Waals surface area (Å²) in [5.74, 6) is -0.367. The molecule has 0 saturated carbocycles. The summed E-state index contributed by atoms with van der Waals surface area (Å²) >= 11 is 0. The molecule has 2 aromatic carbocycles. The van der Waals surface area contributed by atoms with Gasteiger partial charge in [0.25, 0.3) is 8.32 Å². The van der Waals surface area contributed by atoms with E-state index >= 15 is 0 Å². The summed E-state index contributed by atoms with van der Waals surface area (Å²) in [5.41, 5.74) is -0.773. The van der Waals surface area contributed by atoms with Crippen LogP contribution in [0.1, 0.15) is 62.3 Å². The van der Waals surface area contributed by atoms with Crippen molar-refractivity contribution in [3.05, 3.63) is 60.7 Å². The first-order chi connectivity index (χ1) is 19.1. The third kappa shape index (κ3) is 6.97.